The standard InChI is InChI=1S/C31H44N6O5S2/c1-21(2)42-30(38)36-24-8-6-23(7-9-24)29-34-18-27(43-29)26-11-10-25(16-28(26)44(39,40)37-31(3,4)5)35-20-41-19-33-17-22-12-14-32-15-13-22/h10-16,18,21,23-24,33,35,37H,6-9,17,19-20H2,1-5H3,(H,36,38). The molecule has 11 nitrogen and oxygen atoms in total. The van der Waals surface area contributed by atoms with Crippen LogP contribution in [-0.2, 0) is 26.0 Å². The van der Waals surface area contributed by atoms with E-state index in [2.05, 4.69) is 25.7 Å². The van der Waals surface area contributed by atoms with E-state index in [0.717, 1.165) is 41.1 Å². The minimum Gasteiger partial charge on any atom is -0.447 e. The summed E-state index contributed by atoms with van der Waals surface area (Å²) in [6.45, 7) is 10.3. The molecule has 4 rings (SSSR count). The highest BCUT2D eigenvalue weighted by atomic mass is 32.2. The lowest BCUT2D eigenvalue weighted by Gasteiger charge is -2.28. The number of pyridine rings is 1. The van der Waals surface area contributed by atoms with Crippen LogP contribution < -0.4 is 20.7 Å². The quantitative estimate of drug-likeness (QED) is 0.139. The number of aromatic nitrogens is 2. The summed E-state index contributed by atoms with van der Waals surface area (Å²) in [5.74, 6) is 0.255. The molecule has 1 aliphatic carbocycles. The molecule has 0 bridgehead atoms. The first kappa shape index (κ1) is 33.8. The number of nitrogens with zero attached hydrogens (tertiary/aromatic N) is 2. The van der Waals surface area contributed by atoms with Crippen LogP contribution in [0.15, 0.2) is 53.8 Å². The van der Waals surface area contributed by atoms with E-state index in [9.17, 15) is 13.2 Å². The highest BCUT2D eigenvalue weighted by Gasteiger charge is 2.29. The van der Waals surface area contributed by atoms with Crippen LogP contribution in [0.5, 0.6) is 0 Å². The van der Waals surface area contributed by atoms with Crippen LogP contribution >= 0.6 is 11.3 Å². The van der Waals surface area contributed by atoms with Crippen molar-refractivity contribution >= 4 is 33.1 Å². The van der Waals surface area contributed by atoms with E-state index in [4.69, 9.17) is 14.5 Å². The van der Waals surface area contributed by atoms with Gasteiger partial charge in [0.1, 0.15) is 6.73 Å². The summed E-state index contributed by atoms with van der Waals surface area (Å²) in [6, 6.07) is 9.26. The predicted molar refractivity (Wildman–Crippen MR) is 173 cm³/mol. The molecule has 1 aliphatic rings. The molecule has 240 valence electrons. The number of sulfonamides is 1. The topological polar surface area (TPSA) is 144 Å². The number of hydrogen-bond donors (Lipinski definition) is 4. The van der Waals surface area contributed by atoms with E-state index in [-0.39, 0.29) is 35.8 Å². The summed E-state index contributed by atoms with van der Waals surface area (Å²) in [5, 5.41) is 10.3. The summed E-state index contributed by atoms with van der Waals surface area (Å²) >= 11 is 1.52. The molecule has 3 aromatic rings. The van der Waals surface area contributed by atoms with Crippen molar-refractivity contribution in [3.63, 3.8) is 0 Å². The van der Waals surface area contributed by atoms with Gasteiger partial charge in [0.2, 0.25) is 10.0 Å². The average molecular weight is 645 g/mol. The normalized spacial score (nSPS) is 17.4. The highest BCUT2D eigenvalue weighted by Crippen LogP contribution is 2.40. The second-order valence-corrected chi connectivity index (χ2v) is 14.9. The van der Waals surface area contributed by atoms with E-state index in [1.165, 1.54) is 11.3 Å². The maximum atomic E-state index is 13.6. The lowest BCUT2D eigenvalue weighted by Crippen LogP contribution is -2.40. The first-order chi connectivity index (χ1) is 20.9. The highest BCUT2D eigenvalue weighted by molar-refractivity contribution is 7.89. The second-order valence-electron chi connectivity index (χ2n) is 12.2. The number of benzene rings is 1. The molecule has 0 spiro atoms. The Morgan fingerprint density at radius 2 is 1.80 bits per heavy atom. The van der Waals surface area contributed by atoms with Crippen LogP contribution in [-0.4, -0.2) is 55.6 Å². The van der Waals surface area contributed by atoms with Crippen LogP contribution in [0.1, 0.15) is 76.8 Å². The molecule has 44 heavy (non-hydrogen) atoms. The first-order valence-electron chi connectivity index (χ1n) is 14.9. The summed E-state index contributed by atoms with van der Waals surface area (Å²) in [6.07, 6.45) is 8.17. The number of rotatable bonds is 13. The van der Waals surface area contributed by atoms with Gasteiger partial charge in [-0.15, -0.1) is 11.3 Å². The smallest absolute Gasteiger partial charge is 0.407 e. The number of ether oxygens (including phenoxy) is 2. The molecule has 0 aliphatic heterocycles. The molecule has 0 saturated heterocycles. The fourth-order valence-corrected chi connectivity index (χ4v) is 7.83. The molecule has 2 aromatic heterocycles. The Morgan fingerprint density at radius 1 is 1.07 bits per heavy atom. The first-order valence-corrected chi connectivity index (χ1v) is 17.2. The molecule has 2 heterocycles. The van der Waals surface area contributed by atoms with Gasteiger partial charge in [0.05, 0.1) is 27.6 Å². The maximum absolute atomic E-state index is 13.6. The Kier molecular flexibility index (Phi) is 11.7. The number of alkyl carbamates (subject to hydrolysis) is 1. The predicted octanol–water partition coefficient (Wildman–Crippen LogP) is 5.58. The van der Waals surface area contributed by atoms with Crippen molar-refractivity contribution in [2.24, 2.45) is 0 Å². The zero-order valence-corrected chi connectivity index (χ0v) is 27.7. The molecule has 1 saturated carbocycles. The van der Waals surface area contributed by atoms with Gasteiger partial charge in [0.25, 0.3) is 0 Å². The third kappa shape index (κ3) is 10.2. The van der Waals surface area contributed by atoms with Gasteiger partial charge in [-0.05, 0) is 90.1 Å². The minimum absolute atomic E-state index is 0.0818. The summed E-state index contributed by atoms with van der Waals surface area (Å²) in [5.41, 5.74) is 1.68. The molecule has 0 unspecified atom stereocenters. The van der Waals surface area contributed by atoms with E-state index in [1.807, 2.05) is 58.9 Å². The van der Waals surface area contributed by atoms with Crippen molar-refractivity contribution in [3.05, 3.63) is 59.5 Å². The Balaban J connectivity index is 1.41. The van der Waals surface area contributed by atoms with Crippen LogP contribution in [0.25, 0.3) is 10.4 Å². The van der Waals surface area contributed by atoms with Gasteiger partial charge in [-0.1, -0.05) is 6.07 Å². The van der Waals surface area contributed by atoms with E-state index in [1.54, 1.807) is 24.7 Å². The number of thiazole rings is 1. The summed E-state index contributed by atoms with van der Waals surface area (Å²) in [4.78, 5) is 21.7. The molecule has 0 atom stereocenters. The van der Waals surface area contributed by atoms with Gasteiger partial charge in [-0.3, -0.25) is 10.3 Å². The number of nitrogens with one attached hydrogen (secondary N) is 4. The second kappa shape index (κ2) is 15.3. The average Bonchev–Trinajstić information content (AvgIpc) is 3.44. The number of carbonyl (C=O) groups is 1. The molecule has 1 aromatic carbocycles. The fraction of sp³-hybridized carbons (Fsp3) is 0.516. The largest absolute Gasteiger partial charge is 0.447 e. The monoisotopic (exact) mass is 644 g/mol. The molecule has 0 radical (unpaired) electrons. The minimum atomic E-state index is -3.85. The van der Waals surface area contributed by atoms with Crippen LogP contribution in [0.4, 0.5) is 10.5 Å². The summed E-state index contributed by atoms with van der Waals surface area (Å²) in [7, 11) is -3.85. The van der Waals surface area contributed by atoms with Gasteiger partial charge in [-0.2, -0.15) is 0 Å². The van der Waals surface area contributed by atoms with Gasteiger partial charge in [-0.25, -0.2) is 22.9 Å². The van der Waals surface area contributed by atoms with E-state index < -0.39 is 15.6 Å². The van der Waals surface area contributed by atoms with Crippen LogP contribution in [0, 0.1) is 0 Å². The number of amides is 1. The molecule has 13 heteroatoms. The van der Waals surface area contributed by atoms with Crippen molar-refractivity contribution in [1.82, 2.24) is 25.3 Å². The Labute approximate surface area is 264 Å². The zero-order chi connectivity index (χ0) is 31.7. The van der Waals surface area contributed by atoms with Gasteiger partial charge >= 0.3 is 6.09 Å². The Morgan fingerprint density at radius 3 is 2.48 bits per heavy atom. The van der Waals surface area contributed by atoms with Crippen molar-refractivity contribution in [2.75, 3.05) is 18.8 Å². The molecular formula is C31H44N6O5S2. The molecule has 1 fully saturated rings. The maximum Gasteiger partial charge on any atom is 0.407 e. The zero-order valence-electron chi connectivity index (χ0n) is 26.1. The lowest BCUT2D eigenvalue weighted by molar-refractivity contribution is 0.109. The third-order valence-corrected chi connectivity index (χ3v) is 9.89. The van der Waals surface area contributed by atoms with Gasteiger partial charge in [0.15, 0.2) is 0 Å². The Hall–Kier alpha value is -3.10. The van der Waals surface area contributed by atoms with Crippen LogP contribution in [0.3, 0.4) is 0 Å². The summed E-state index contributed by atoms with van der Waals surface area (Å²) < 4.78 is 40.9. The van der Waals surface area contributed by atoms with Gasteiger partial charge in [0, 0.05) is 53.9 Å². The number of hydrogen-bond acceptors (Lipinski definition) is 10. The third-order valence-electron chi connectivity index (χ3n) is 6.90. The molecule has 1 amide bonds. The van der Waals surface area contributed by atoms with Crippen LogP contribution in [0.2, 0.25) is 0 Å². The SMILES string of the molecule is CC(C)OC(=O)NC1CCC(c2ncc(-c3ccc(NCOCNCc4ccncc4)cc3S(=O)(=O)NC(C)(C)C)s2)CC1. The van der Waals surface area contributed by atoms with Crippen molar-refractivity contribution in [2.45, 2.75) is 95.3 Å². The van der Waals surface area contributed by atoms with Crippen molar-refractivity contribution < 1.29 is 22.7 Å². The molecule has 4 N–H and O–H groups in total. The number of anilines is 1. The van der Waals surface area contributed by atoms with E-state index >= 15 is 0 Å². The Bertz CT molecular complexity index is 1470. The lowest BCUT2D eigenvalue weighted by atomic mass is 9.86. The van der Waals surface area contributed by atoms with Gasteiger partial charge < -0.3 is 20.1 Å². The molecular weight excluding hydrogens is 601 g/mol. The number of carbonyl (C=O) groups excluding carboxylic acids is 1. The van der Waals surface area contributed by atoms with E-state index in [0.29, 0.717) is 24.5 Å². The van der Waals surface area contributed by atoms with Crippen molar-refractivity contribution in [1.29, 1.82) is 0 Å². The van der Waals surface area contributed by atoms with Crippen molar-refractivity contribution in [3.8, 4) is 10.4 Å². The fourth-order valence-electron chi connectivity index (χ4n) is 4.97.